The molecule has 1 aliphatic rings. The second-order valence-electron chi connectivity index (χ2n) is 6.69. The van der Waals surface area contributed by atoms with Crippen LogP contribution in [0.3, 0.4) is 0 Å². The highest BCUT2D eigenvalue weighted by atomic mass is 32.1. The molecule has 0 unspecified atom stereocenters. The molecule has 0 spiro atoms. The fraction of sp³-hybridized carbons (Fsp3) is 0.400. The molecule has 27 heavy (non-hydrogen) atoms. The molecule has 2 heterocycles. The largest absolute Gasteiger partial charge is 0.356 e. The van der Waals surface area contributed by atoms with Gasteiger partial charge in [-0.05, 0) is 31.0 Å². The Bertz CT molecular complexity index is 871. The van der Waals surface area contributed by atoms with E-state index in [1.807, 2.05) is 10.3 Å². The van der Waals surface area contributed by atoms with E-state index in [1.165, 1.54) is 6.92 Å². The van der Waals surface area contributed by atoms with Gasteiger partial charge in [-0.3, -0.25) is 9.59 Å². The van der Waals surface area contributed by atoms with Gasteiger partial charge in [-0.25, -0.2) is 4.98 Å². The predicted molar refractivity (Wildman–Crippen MR) is 104 cm³/mol. The predicted octanol–water partition coefficient (Wildman–Crippen LogP) is 2.71. The average Bonchev–Trinajstić information content (AvgIpc) is 3.16. The quantitative estimate of drug-likeness (QED) is 0.861. The fourth-order valence-electron chi connectivity index (χ4n) is 3.26. The summed E-state index contributed by atoms with van der Waals surface area (Å²) in [5, 5.41) is 14.9. The smallest absolute Gasteiger partial charge is 0.253 e. The van der Waals surface area contributed by atoms with Crippen LogP contribution >= 0.6 is 11.3 Å². The summed E-state index contributed by atoms with van der Waals surface area (Å²) >= 11 is 1.63. The number of nitrogens with zero attached hydrogens (tertiary/aromatic N) is 3. The molecule has 1 saturated heterocycles. The van der Waals surface area contributed by atoms with E-state index in [1.54, 1.807) is 35.6 Å². The highest BCUT2D eigenvalue weighted by molar-refractivity contribution is 7.09. The van der Waals surface area contributed by atoms with Crippen LogP contribution in [-0.4, -0.2) is 41.3 Å². The van der Waals surface area contributed by atoms with Crippen LogP contribution in [0.15, 0.2) is 29.6 Å². The number of piperidine rings is 1. The summed E-state index contributed by atoms with van der Waals surface area (Å²) < 4.78 is 0. The topological polar surface area (TPSA) is 86.1 Å². The zero-order valence-corrected chi connectivity index (χ0v) is 16.1. The molecule has 1 aromatic heterocycles. The van der Waals surface area contributed by atoms with Gasteiger partial charge >= 0.3 is 0 Å². The lowest BCUT2D eigenvalue weighted by Gasteiger charge is -2.32. The zero-order chi connectivity index (χ0) is 19.2. The number of nitriles is 1. The van der Waals surface area contributed by atoms with Crippen molar-refractivity contribution in [3.8, 4) is 6.07 Å². The van der Waals surface area contributed by atoms with Gasteiger partial charge in [0.2, 0.25) is 5.91 Å². The van der Waals surface area contributed by atoms with Gasteiger partial charge in [0.25, 0.3) is 5.91 Å². The highest BCUT2D eigenvalue weighted by Crippen LogP contribution is 2.30. The molecule has 7 heteroatoms. The Balaban J connectivity index is 1.64. The van der Waals surface area contributed by atoms with Crippen molar-refractivity contribution >= 4 is 23.2 Å². The van der Waals surface area contributed by atoms with E-state index in [4.69, 9.17) is 10.2 Å². The molecule has 1 aliphatic heterocycles. The summed E-state index contributed by atoms with van der Waals surface area (Å²) in [4.78, 5) is 30.3. The number of nitrogens with one attached hydrogen (secondary N) is 1. The first-order valence-corrected chi connectivity index (χ1v) is 9.93. The van der Waals surface area contributed by atoms with Gasteiger partial charge < -0.3 is 10.2 Å². The molecule has 0 radical (unpaired) electrons. The third-order valence-corrected chi connectivity index (χ3v) is 5.68. The average molecular weight is 382 g/mol. The number of rotatable bonds is 5. The van der Waals surface area contributed by atoms with E-state index in [9.17, 15) is 9.59 Å². The summed E-state index contributed by atoms with van der Waals surface area (Å²) in [5.74, 6) is 0.174. The second kappa shape index (κ2) is 8.78. The number of carbonyl (C=O) groups excluding carboxylic acids is 2. The van der Waals surface area contributed by atoms with Gasteiger partial charge in [0.15, 0.2) is 0 Å². The lowest BCUT2D eigenvalue weighted by atomic mass is 9.97. The Kier molecular flexibility index (Phi) is 6.20. The van der Waals surface area contributed by atoms with Gasteiger partial charge in [0.05, 0.1) is 22.3 Å². The van der Waals surface area contributed by atoms with Crippen LogP contribution in [0.5, 0.6) is 0 Å². The molecule has 0 bridgehead atoms. The number of aromatic nitrogens is 1. The Morgan fingerprint density at radius 3 is 3.07 bits per heavy atom. The molecule has 1 fully saturated rings. The van der Waals surface area contributed by atoms with Crippen LogP contribution in [-0.2, 0) is 11.2 Å². The summed E-state index contributed by atoms with van der Waals surface area (Å²) in [6.07, 6.45) is 2.67. The maximum atomic E-state index is 12.8. The van der Waals surface area contributed by atoms with Gasteiger partial charge in [-0.1, -0.05) is 6.07 Å². The van der Waals surface area contributed by atoms with Gasteiger partial charge in [-0.15, -0.1) is 11.3 Å². The maximum Gasteiger partial charge on any atom is 0.253 e. The second-order valence-corrected chi connectivity index (χ2v) is 7.58. The molecule has 1 atom stereocenters. The number of hydrogen-bond acceptors (Lipinski definition) is 5. The van der Waals surface area contributed by atoms with E-state index in [-0.39, 0.29) is 17.7 Å². The van der Waals surface area contributed by atoms with Crippen molar-refractivity contribution < 1.29 is 9.59 Å². The minimum atomic E-state index is -0.0349. The van der Waals surface area contributed by atoms with Crippen LogP contribution in [0.25, 0.3) is 0 Å². The number of likely N-dealkylation sites (tertiary alicyclic amines) is 1. The van der Waals surface area contributed by atoms with Gasteiger partial charge in [-0.2, -0.15) is 5.26 Å². The maximum absolute atomic E-state index is 12.8. The number of carbonyl (C=O) groups is 2. The Labute approximate surface area is 162 Å². The summed E-state index contributed by atoms with van der Waals surface area (Å²) in [6, 6.07) is 8.94. The molecule has 2 amide bonds. The molecular weight excluding hydrogens is 360 g/mol. The number of benzene rings is 1. The number of amides is 2. The monoisotopic (exact) mass is 382 g/mol. The van der Waals surface area contributed by atoms with E-state index in [2.05, 4.69) is 11.4 Å². The van der Waals surface area contributed by atoms with Crippen molar-refractivity contribution in [2.24, 2.45) is 0 Å². The highest BCUT2D eigenvalue weighted by Gasteiger charge is 2.27. The van der Waals surface area contributed by atoms with Crippen LogP contribution < -0.4 is 5.32 Å². The fourth-order valence-corrected chi connectivity index (χ4v) is 4.24. The van der Waals surface area contributed by atoms with Crippen molar-refractivity contribution in [3.05, 3.63) is 51.5 Å². The molecule has 140 valence electrons. The number of thiazole rings is 1. The first-order chi connectivity index (χ1) is 13.1. The lowest BCUT2D eigenvalue weighted by molar-refractivity contribution is -0.118. The van der Waals surface area contributed by atoms with Crippen LogP contribution in [0.2, 0.25) is 0 Å². The molecule has 2 aromatic rings. The summed E-state index contributed by atoms with van der Waals surface area (Å²) in [5.41, 5.74) is 2.04. The normalized spacial score (nSPS) is 16.6. The molecular formula is C20H22N4O2S. The Morgan fingerprint density at radius 2 is 2.30 bits per heavy atom. The van der Waals surface area contributed by atoms with E-state index >= 15 is 0 Å². The van der Waals surface area contributed by atoms with Crippen molar-refractivity contribution in [2.75, 3.05) is 19.6 Å². The minimum absolute atomic E-state index is 0.0285. The number of hydrogen-bond donors (Lipinski definition) is 1. The van der Waals surface area contributed by atoms with Crippen molar-refractivity contribution in [2.45, 2.75) is 32.1 Å². The third kappa shape index (κ3) is 4.92. The van der Waals surface area contributed by atoms with E-state index in [0.717, 1.165) is 30.1 Å². The van der Waals surface area contributed by atoms with Crippen LogP contribution in [0.4, 0.5) is 0 Å². The molecule has 3 rings (SSSR count). The molecule has 0 aliphatic carbocycles. The minimum Gasteiger partial charge on any atom is -0.356 e. The van der Waals surface area contributed by atoms with Crippen molar-refractivity contribution in [3.63, 3.8) is 0 Å². The van der Waals surface area contributed by atoms with Crippen LogP contribution in [0.1, 0.15) is 52.3 Å². The first-order valence-electron chi connectivity index (χ1n) is 9.05. The zero-order valence-electron chi connectivity index (χ0n) is 15.3. The molecule has 0 saturated carbocycles. The van der Waals surface area contributed by atoms with Gasteiger partial charge in [0.1, 0.15) is 0 Å². The molecule has 1 N–H and O–H groups in total. The van der Waals surface area contributed by atoms with Crippen LogP contribution in [0, 0.1) is 11.3 Å². The standard InChI is InChI=1S/C20H22N4O2S/c1-14(25)22-8-7-18-13-27-19(23-18)17-6-3-9-24(12-17)20(26)16-5-2-4-15(10-16)11-21/h2,4-5,10,13,17H,3,6-9,12H2,1H3,(H,22,25)/t17-/m1/s1. The van der Waals surface area contributed by atoms with Gasteiger partial charge in [0, 0.05) is 49.8 Å². The van der Waals surface area contributed by atoms with Crippen molar-refractivity contribution in [1.82, 2.24) is 15.2 Å². The summed E-state index contributed by atoms with van der Waals surface area (Å²) in [6.45, 7) is 3.47. The Morgan fingerprint density at radius 1 is 1.44 bits per heavy atom. The third-order valence-electron chi connectivity index (χ3n) is 4.62. The Hall–Kier alpha value is -2.72. The van der Waals surface area contributed by atoms with E-state index < -0.39 is 0 Å². The molecule has 6 nitrogen and oxygen atoms in total. The van der Waals surface area contributed by atoms with E-state index in [0.29, 0.717) is 30.6 Å². The SMILES string of the molecule is CC(=O)NCCc1csc([C@@H]2CCCN(C(=O)c3cccc(C#N)c3)C2)n1. The molecule has 1 aromatic carbocycles. The lowest BCUT2D eigenvalue weighted by Crippen LogP contribution is -2.39. The summed E-state index contributed by atoms with van der Waals surface area (Å²) in [7, 11) is 0. The first kappa shape index (κ1) is 19.1. The van der Waals surface area contributed by atoms with Crippen molar-refractivity contribution in [1.29, 1.82) is 5.26 Å².